The molecule has 144 valence electrons. The van der Waals surface area contributed by atoms with Crippen molar-refractivity contribution in [2.45, 2.75) is 71.1 Å². The summed E-state index contributed by atoms with van der Waals surface area (Å²) < 4.78 is 2.15. The standard InChI is InChI=1S/C22H30N4O/c1-17-8-5-6-11-21(17)22(27)23-15-18-14-20-16-25(12-7-13-26(20)24-18)19-9-3-2-4-10-19/h5-6,8,11,14,19H,2-4,7,9-10,12-13,15-16H2,1H3,(H,23,27). The van der Waals surface area contributed by atoms with Gasteiger partial charge in [-0.2, -0.15) is 5.10 Å². The lowest BCUT2D eigenvalue weighted by atomic mass is 9.94. The highest BCUT2D eigenvalue weighted by atomic mass is 16.1. The van der Waals surface area contributed by atoms with Crippen LogP contribution in [-0.2, 0) is 19.6 Å². The molecule has 1 aliphatic heterocycles. The first-order valence-electron chi connectivity index (χ1n) is 10.3. The van der Waals surface area contributed by atoms with Crippen molar-refractivity contribution in [3.05, 3.63) is 52.8 Å². The number of carbonyl (C=O) groups is 1. The molecule has 0 bridgehead atoms. The average Bonchev–Trinajstić information content (AvgIpc) is 2.97. The zero-order valence-corrected chi connectivity index (χ0v) is 16.3. The summed E-state index contributed by atoms with van der Waals surface area (Å²) in [5.74, 6) is -0.0277. The molecular formula is C22H30N4O. The summed E-state index contributed by atoms with van der Waals surface area (Å²) >= 11 is 0. The van der Waals surface area contributed by atoms with E-state index in [-0.39, 0.29) is 5.91 Å². The van der Waals surface area contributed by atoms with Crippen molar-refractivity contribution in [1.29, 1.82) is 0 Å². The zero-order valence-electron chi connectivity index (χ0n) is 16.3. The van der Waals surface area contributed by atoms with Crippen LogP contribution >= 0.6 is 0 Å². The Balaban J connectivity index is 1.40. The summed E-state index contributed by atoms with van der Waals surface area (Å²) in [6.45, 7) is 5.59. The van der Waals surface area contributed by atoms with E-state index in [1.54, 1.807) is 0 Å². The minimum absolute atomic E-state index is 0.0277. The highest BCUT2D eigenvalue weighted by Gasteiger charge is 2.24. The Morgan fingerprint density at radius 1 is 1.15 bits per heavy atom. The zero-order chi connectivity index (χ0) is 18.6. The minimum atomic E-state index is -0.0277. The first kappa shape index (κ1) is 18.2. The number of aromatic nitrogens is 2. The lowest BCUT2D eigenvalue weighted by molar-refractivity contribution is 0.0949. The van der Waals surface area contributed by atoms with Crippen LogP contribution in [0, 0.1) is 6.92 Å². The van der Waals surface area contributed by atoms with Crippen molar-refractivity contribution in [3.63, 3.8) is 0 Å². The number of benzene rings is 1. The Bertz CT molecular complexity index is 791. The molecule has 0 spiro atoms. The molecule has 5 heteroatoms. The first-order valence-corrected chi connectivity index (χ1v) is 10.3. The van der Waals surface area contributed by atoms with Gasteiger partial charge in [-0.15, -0.1) is 0 Å². The molecule has 1 aliphatic carbocycles. The maximum Gasteiger partial charge on any atom is 0.251 e. The number of amides is 1. The van der Waals surface area contributed by atoms with Gasteiger partial charge in [-0.25, -0.2) is 0 Å². The van der Waals surface area contributed by atoms with Crippen molar-refractivity contribution in [2.24, 2.45) is 0 Å². The van der Waals surface area contributed by atoms with Gasteiger partial charge in [0.05, 0.1) is 17.9 Å². The molecule has 0 radical (unpaired) electrons. The number of aryl methyl sites for hydroxylation is 2. The molecule has 0 atom stereocenters. The molecule has 0 unspecified atom stereocenters. The number of carbonyl (C=O) groups excluding carboxylic acids is 1. The van der Waals surface area contributed by atoms with Gasteiger partial charge in [0.25, 0.3) is 5.91 Å². The fourth-order valence-corrected chi connectivity index (χ4v) is 4.48. The van der Waals surface area contributed by atoms with E-state index in [9.17, 15) is 4.79 Å². The second kappa shape index (κ2) is 8.26. The predicted molar refractivity (Wildman–Crippen MR) is 106 cm³/mol. The Morgan fingerprint density at radius 2 is 1.96 bits per heavy atom. The fraction of sp³-hybridized carbons (Fsp3) is 0.545. The molecule has 1 saturated carbocycles. The fourth-order valence-electron chi connectivity index (χ4n) is 4.48. The van der Waals surface area contributed by atoms with E-state index in [2.05, 4.69) is 21.0 Å². The number of rotatable bonds is 4. The van der Waals surface area contributed by atoms with Gasteiger partial charge >= 0.3 is 0 Å². The minimum Gasteiger partial charge on any atom is -0.346 e. The Hall–Kier alpha value is -2.14. The van der Waals surface area contributed by atoms with Gasteiger partial charge < -0.3 is 5.32 Å². The molecule has 1 amide bonds. The van der Waals surface area contributed by atoms with Gasteiger partial charge in [0, 0.05) is 31.2 Å². The molecule has 27 heavy (non-hydrogen) atoms. The Labute approximate surface area is 161 Å². The van der Waals surface area contributed by atoms with Crippen molar-refractivity contribution >= 4 is 5.91 Å². The van der Waals surface area contributed by atoms with Gasteiger partial charge in [0.15, 0.2) is 0 Å². The summed E-state index contributed by atoms with van der Waals surface area (Å²) in [5, 5.41) is 7.78. The SMILES string of the molecule is Cc1ccccc1C(=O)NCc1cc2n(n1)CCCN(C1CCCCC1)C2. The molecule has 2 aromatic rings. The highest BCUT2D eigenvalue weighted by Crippen LogP contribution is 2.26. The van der Waals surface area contributed by atoms with E-state index in [1.807, 2.05) is 31.2 Å². The molecule has 1 N–H and O–H groups in total. The molecule has 1 aromatic carbocycles. The Morgan fingerprint density at radius 3 is 2.78 bits per heavy atom. The van der Waals surface area contributed by atoms with E-state index >= 15 is 0 Å². The molecular weight excluding hydrogens is 336 g/mol. The quantitative estimate of drug-likeness (QED) is 0.898. The van der Waals surface area contributed by atoms with Crippen LogP contribution in [0.15, 0.2) is 30.3 Å². The van der Waals surface area contributed by atoms with Crippen LogP contribution in [0.25, 0.3) is 0 Å². The number of hydrogen-bond acceptors (Lipinski definition) is 3. The molecule has 5 nitrogen and oxygen atoms in total. The monoisotopic (exact) mass is 366 g/mol. The van der Waals surface area contributed by atoms with E-state index in [1.165, 1.54) is 44.3 Å². The molecule has 2 heterocycles. The van der Waals surface area contributed by atoms with Crippen LogP contribution in [0.5, 0.6) is 0 Å². The van der Waals surface area contributed by atoms with Gasteiger partial charge in [-0.05, 0) is 43.9 Å². The lowest BCUT2D eigenvalue weighted by Gasteiger charge is -2.33. The Kier molecular flexibility index (Phi) is 5.58. The number of nitrogens with one attached hydrogen (secondary N) is 1. The summed E-state index contributed by atoms with van der Waals surface area (Å²) in [6, 6.07) is 10.6. The van der Waals surface area contributed by atoms with Crippen molar-refractivity contribution in [2.75, 3.05) is 6.54 Å². The smallest absolute Gasteiger partial charge is 0.251 e. The van der Waals surface area contributed by atoms with Crippen molar-refractivity contribution in [1.82, 2.24) is 20.0 Å². The van der Waals surface area contributed by atoms with Crippen molar-refractivity contribution in [3.8, 4) is 0 Å². The third-order valence-corrected chi connectivity index (χ3v) is 6.01. The predicted octanol–water partition coefficient (Wildman–Crippen LogP) is 3.66. The third-order valence-electron chi connectivity index (χ3n) is 6.01. The number of fused-ring (bicyclic) bond motifs is 1. The van der Waals surface area contributed by atoms with Gasteiger partial charge in [-0.1, -0.05) is 37.5 Å². The molecule has 4 rings (SSSR count). The molecule has 1 fully saturated rings. The summed E-state index contributed by atoms with van der Waals surface area (Å²) in [7, 11) is 0. The second-order valence-electron chi connectivity index (χ2n) is 7.96. The van der Waals surface area contributed by atoms with Gasteiger partial charge in [0.1, 0.15) is 0 Å². The number of hydrogen-bond donors (Lipinski definition) is 1. The average molecular weight is 367 g/mol. The van der Waals surface area contributed by atoms with Crippen molar-refractivity contribution < 1.29 is 4.79 Å². The van der Waals surface area contributed by atoms with Crippen LogP contribution < -0.4 is 5.32 Å². The first-order chi connectivity index (χ1) is 13.2. The number of nitrogens with zero attached hydrogens (tertiary/aromatic N) is 3. The lowest BCUT2D eigenvalue weighted by Crippen LogP contribution is -2.36. The molecule has 2 aliphatic rings. The maximum atomic E-state index is 12.4. The van der Waals surface area contributed by atoms with Crippen LogP contribution in [0.2, 0.25) is 0 Å². The largest absolute Gasteiger partial charge is 0.346 e. The summed E-state index contributed by atoms with van der Waals surface area (Å²) in [5.41, 5.74) is 3.98. The van der Waals surface area contributed by atoms with E-state index in [4.69, 9.17) is 5.10 Å². The van der Waals surface area contributed by atoms with Crippen LogP contribution in [-0.4, -0.2) is 33.2 Å². The van der Waals surface area contributed by atoms with E-state index in [0.717, 1.165) is 42.4 Å². The van der Waals surface area contributed by atoms with Crippen LogP contribution in [0.3, 0.4) is 0 Å². The van der Waals surface area contributed by atoms with Crippen LogP contribution in [0.1, 0.15) is 65.8 Å². The van der Waals surface area contributed by atoms with Crippen LogP contribution in [0.4, 0.5) is 0 Å². The molecule has 1 aromatic heterocycles. The maximum absolute atomic E-state index is 12.4. The highest BCUT2D eigenvalue weighted by molar-refractivity contribution is 5.95. The van der Waals surface area contributed by atoms with Gasteiger partial charge in [-0.3, -0.25) is 14.4 Å². The van der Waals surface area contributed by atoms with E-state index in [0.29, 0.717) is 6.54 Å². The topological polar surface area (TPSA) is 50.2 Å². The second-order valence-corrected chi connectivity index (χ2v) is 7.96. The van der Waals surface area contributed by atoms with Gasteiger partial charge in [0.2, 0.25) is 0 Å². The normalized spacial score (nSPS) is 18.7. The summed E-state index contributed by atoms with van der Waals surface area (Å²) in [4.78, 5) is 15.1. The van der Waals surface area contributed by atoms with E-state index < -0.39 is 0 Å². The summed E-state index contributed by atoms with van der Waals surface area (Å²) in [6.07, 6.45) is 7.97. The molecule has 0 saturated heterocycles. The third kappa shape index (κ3) is 4.24.